The van der Waals surface area contributed by atoms with Gasteiger partial charge in [0, 0.05) is 11.5 Å². The number of carbonyl (C=O) groups is 1. The van der Waals surface area contributed by atoms with Gasteiger partial charge in [-0.2, -0.15) is 5.10 Å². The number of nitrogen functional groups attached to an aromatic ring is 1. The van der Waals surface area contributed by atoms with Crippen molar-refractivity contribution in [1.29, 1.82) is 0 Å². The minimum atomic E-state index is -0.722. The van der Waals surface area contributed by atoms with Crippen molar-refractivity contribution < 1.29 is 14.6 Å². The maximum atomic E-state index is 13.0. The molecule has 2 aromatic carbocycles. The molecule has 0 radical (unpaired) electrons. The number of benzene rings is 2. The first-order chi connectivity index (χ1) is 19.4. The van der Waals surface area contributed by atoms with E-state index in [0.717, 1.165) is 24.8 Å². The van der Waals surface area contributed by atoms with Crippen LogP contribution in [0, 0.1) is 5.92 Å². The predicted octanol–water partition coefficient (Wildman–Crippen LogP) is 4.02. The quantitative estimate of drug-likeness (QED) is 0.261. The van der Waals surface area contributed by atoms with Crippen LogP contribution in [-0.2, 0) is 4.79 Å². The Morgan fingerprint density at radius 1 is 1.18 bits per heavy atom. The molecule has 6 N–H and O–H groups in total. The molecule has 2 aliphatic carbocycles. The molecule has 2 fully saturated rings. The fraction of sp³-hybridized carbons (Fsp3) is 0.400. The topological polar surface area (TPSA) is 154 Å². The maximum absolute atomic E-state index is 13.0. The van der Waals surface area contributed by atoms with E-state index < -0.39 is 5.60 Å². The van der Waals surface area contributed by atoms with E-state index >= 15 is 0 Å². The number of anilines is 2. The minimum absolute atomic E-state index is 0.0147. The molecular formula is C30H35N7O3. The molecule has 2 aliphatic rings. The van der Waals surface area contributed by atoms with Crippen molar-refractivity contribution in [3.8, 4) is 17.0 Å². The summed E-state index contributed by atoms with van der Waals surface area (Å²) >= 11 is 0. The summed E-state index contributed by atoms with van der Waals surface area (Å²) in [5, 5.41) is 19.5. The van der Waals surface area contributed by atoms with E-state index in [-0.39, 0.29) is 23.8 Å². The van der Waals surface area contributed by atoms with E-state index in [1.807, 2.05) is 41.1 Å². The van der Waals surface area contributed by atoms with Crippen LogP contribution >= 0.6 is 0 Å². The van der Waals surface area contributed by atoms with E-state index in [0.29, 0.717) is 59.8 Å². The summed E-state index contributed by atoms with van der Waals surface area (Å²) in [6.07, 6.45) is 5.71. The van der Waals surface area contributed by atoms with Crippen LogP contribution in [0.15, 0.2) is 54.9 Å². The Balaban J connectivity index is 1.26. The van der Waals surface area contributed by atoms with Crippen LogP contribution in [0.2, 0.25) is 0 Å². The third-order valence-corrected chi connectivity index (χ3v) is 8.45. The lowest BCUT2D eigenvalue weighted by molar-refractivity contribution is -0.117. The van der Waals surface area contributed by atoms with Crippen molar-refractivity contribution in [2.75, 3.05) is 24.7 Å². The fourth-order valence-corrected chi connectivity index (χ4v) is 6.08. The first kappa shape index (κ1) is 26.2. The highest BCUT2D eigenvalue weighted by Crippen LogP contribution is 2.48. The van der Waals surface area contributed by atoms with Gasteiger partial charge in [0.2, 0.25) is 5.91 Å². The predicted molar refractivity (Wildman–Crippen MR) is 154 cm³/mol. The second-order valence-corrected chi connectivity index (χ2v) is 11.0. The lowest BCUT2D eigenvalue weighted by Crippen LogP contribution is -2.36. The Hall–Kier alpha value is -4.02. The third kappa shape index (κ3) is 4.89. The molecule has 0 spiro atoms. The highest BCUT2D eigenvalue weighted by Gasteiger charge is 2.44. The van der Waals surface area contributed by atoms with Gasteiger partial charge >= 0.3 is 0 Å². The molecule has 0 unspecified atom stereocenters. The number of aromatic nitrogens is 4. The molecule has 2 atom stereocenters. The Morgan fingerprint density at radius 2 is 1.95 bits per heavy atom. The van der Waals surface area contributed by atoms with Gasteiger partial charge in [-0.25, -0.2) is 14.6 Å². The summed E-state index contributed by atoms with van der Waals surface area (Å²) in [5.41, 5.74) is 15.2. The first-order valence-corrected chi connectivity index (χ1v) is 13.9. The van der Waals surface area contributed by atoms with Gasteiger partial charge < -0.3 is 26.6 Å². The SMILES string of the molecule is COc1cc(-c2nn(C3CCC(O)(CCN)CC3)c3ncnc(N)c23)ccc1NC(=O)[C@@H]1C[C@H]1c1ccccc1. The van der Waals surface area contributed by atoms with Crippen molar-refractivity contribution in [2.24, 2.45) is 11.7 Å². The average molecular weight is 542 g/mol. The molecule has 6 rings (SSSR count). The zero-order chi connectivity index (χ0) is 27.9. The monoisotopic (exact) mass is 541 g/mol. The van der Waals surface area contributed by atoms with Crippen molar-refractivity contribution in [2.45, 2.75) is 56.1 Å². The van der Waals surface area contributed by atoms with Gasteiger partial charge in [0.05, 0.1) is 29.8 Å². The summed E-state index contributed by atoms with van der Waals surface area (Å²) in [4.78, 5) is 21.8. The Bertz CT molecular complexity index is 1530. The van der Waals surface area contributed by atoms with E-state index in [2.05, 4.69) is 27.4 Å². The fourth-order valence-electron chi connectivity index (χ4n) is 6.08. The molecular weight excluding hydrogens is 506 g/mol. The zero-order valence-corrected chi connectivity index (χ0v) is 22.6. The number of rotatable bonds is 8. The molecule has 208 valence electrons. The average Bonchev–Trinajstić information content (AvgIpc) is 3.68. The number of hydrogen-bond donors (Lipinski definition) is 4. The van der Waals surface area contributed by atoms with Gasteiger partial charge in [0.15, 0.2) is 5.65 Å². The Kier molecular flexibility index (Phi) is 6.89. The lowest BCUT2D eigenvalue weighted by atomic mass is 9.80. The van der Waals surface area contributed by atoms with Crippen molar-refractivity contribution in [3.05, 3.63) is 60.4 Å². The zero-order valence-electron chi connectivity index (χ0n) is 22.6. The second kappa shape index (κ2) is 10.5. The van der Waals surface area contributed by atoms with Crippen LogP contribution in [0.3, 0.4) is 0 Å². The minimum Gasteiger partial charge on any atom is -0.495 e. The number of aliphatic hydroxyl groups is 1. The summed E-state index contributed by atoms with van der Waals surface area (Å²) in [6.45, 7) is 0.465. The van der Waals surface area contributed by atoms with Crippen molar-refractivity contribution >= 4 is 28.4 Å². The molecule has 0 bridgehead atoms. The number of nitrogens with one attached hydrogen (secondary N) is 1. The molecule has 2 saturated carbocycles. The number of fused-ring (bicyclic) bond motifs is 1. The number of amides is 1. The molecule has 0 aliphatic heterocycles. The molecule has 2 heterocycles. The van der Waals surface area contributed by atoms with Crippen molar-refractivity contribution in [3.63, 3.8) is 0 Å². The van der Waals surface area contributed by atoms with E-state index in [1.54, 1.807) is 7.11 Å². The van der Waals surface area contributed by atoms with Gasteiger partial charge in [-0.05, 0) is 68.7 Å². The van der Waals surface area contributed by atoms with Crippen LogP contribution in [-0.4, -0.2) is 50.0 Å². The number of ether oxygens (including phenoxy) is 1. The lowest BCUT2D eigenvalue weighted by Gasteiger charge is -2.36. The van der Waals surface area contributed by atoms with Crippen LogP contribution in [0.5, 0.6) is 5.75 Å². The molecule has 4 aromatic rings. The normalized spacial score (nSPS) is 24.1. The highest BCUT2D eigenvalue weighted by molar-refractivity contribution is 6.00. The number of carbonyl (C=O) groups excluding carboxylic acids is 1. The molecule has 2 aromatic heterocycles. The largest absolute Gasteiger partial charge is 0.495 e. The summed E-state index contributed by atoms with van der Waals surface area (Å²) in [6, 6.07) is 15.8. The number of hydrogen-bond acceptors (Lipinski definition) is 8. The van der Waals surface area contributed by atoms with Gasteiger partial charge in [0.1, 0.15) is 23.6 Å². The Morgan fingerprint density at radius 3 is 2.67 bits per heavy atom. The van der Waals surface area contributed by atoms with Crippen molar-refractivity contribution in [1.82, 2.24) is 19.7 Å². The molecule has 10 nitrogen and oxygen atoms in total. The van der Waals surface area contributed by atoms with Gasteiger partial charge in [-0.1, -0.05) is 36.4 Å². The second-order valence-electron chi connectivity index (χ2n) is 11.0. The van der Waals surface area contributed by atoms with Crippen LogP contribution < -0.4 is 21.5 Å². The van der Waals surface area contributed by atoms with Crippen LogP contribution in [0.4, 0.5) is 11.5 Å². The number of methoxy groups -OCH3 is 1. The smallest absolute Gasteiger partial charge is 0.228 e. The van der Waals surface area contributed by atoms with Gasteiger partial charge in [0.25, 0.3) is 0 Å². The van der Waals surface area contributed by atoms with E-state index in [1.165, 1.54) is 11.9 Å². The van der Waals surface area contributed by atoms with E-state index in [9.17, 15) is 9.90 Å². The number of nitrogens with zero attached hydrogens (tertiary/aromatic N) is 4. The van der Waals surface area contributed by atoms with Gasteiger partial charge in [-0.15, -0.1) is 0 Å². The number of nitrogens with two attached hydrogens (primary N) is 2. The summed E-state index contributed by atoms with van der Waals surface area (Å²) in [5.74, 6) is 1.06. The molecule has 40 heavy (non-hydrogen) atoms. The Labute approximate surface area is 232 Å². The third-order valence-electron chi connectivity index (χ3n) is 8.45. The molecule has 10 heteroatoms. The first-order valence-electron chi connectivity index (χ1n) is 13.9. The summed E-state index contributed by atoms with van der Waals surface area (Å²) < 4.78 is 7.60. The standard InChI is InChI=1S/C30H35N7O3/c1-40-24-15-19(7-8-23(24)35-29(38)22-16-21(22)18-5-3-2-4-6-18)26-25-27(32)33-17-34-28(25)37(36-26)20-9-11-30(39,12-10-20)13-14-31/h2-8,15,17,20-22,39H,9-14,16,31H2,1H3,(H,35,38)(H2,32,33,34)/t20?,21-,22+,30?/m0/s1. The molecule has 0 saturated heterocycles. The molecule has 1 amide bonds. The summed E-state index contributed by atoms with van der Waals surface area (Å²) in [7, 11) is 1.58. The highest BCUT2D eigenvalue weighted by atomic mass is 16.5. The van der Waals surface area contributed by atoms with Crippen LogP contribution in [0.1, 0.15) is 56.0 Å². The maximum Gasteiger partial charge on any atom is 0.228 e. The van der Waals surface area contributed by atoms with Gasteiger partial charge in [-0.3, -0.25) is 4.79 Å². The van der Waals surface area contributed by atoms with E-state index in [4.69, 9.17) is 21.3 Å². The van der Waals surface area contributed by atoms with Crippen LogP contribution in [0.25, 0.3) is 22.3 Å².